The number of hydrogen-bond donors (Lipinski definition) is 2. The number of aromatic nitrogens is 2. The first-order chi connectivity index (χ1) is 14.4. The Labute approximate surface area is 181 Å². The molecule has 2 aromatic carbocycles. The van der Waals surface area contributed by atoms with Crippen LogP contribution in [0.1, 0.15) is 30.5 Å². The van der Waals surface area contributed by atoms with Gasteiger partial charge in [0.05, 0.1) is 19.6 Å². The van der Waals surface area contributed by atoms with Crippen molar-refractivity contribution in [3.05, 3.63) is 71.0 Å². The summed E-state index contributed by atoms with van der Waals surface area (Å²) in [5.41, 5.74) is 8.91. The number of carboxylic acids is 1. The lowest BCUT2D eigenvalue weighted by atomic mass is 10.1. The van der Waals surface area contributed by atoms with Crippen LogP contribution >= 0.6 is 11.6 Å². The summed E-state index contributed by atoms with van der Waals surface area (Å²) in [6.07, 6.45) is 3.14. The van der Waals surface area contributed by atoms with Crippen LogP contribution in [0.3, 0.4) is 0 Å². The van der Waals surface area contributed by atoms with Crippen LogP contribution in [0.25, 0.3) is 11.4 Å². The molecule has 1 aromatic heterocycles. The summed E-state index contributed by atoms with van der Waals surface area (Å²) in [6.45, 7) is 3.13. The minimum atomic E-state index is -0.874. The third-order valence-electron chi connectivity index (χ3n) is 4.87. The van der Waals surface area contributed by atoms with Gasteiger partial charge in [-0.25, -0.2) is 4.98 Å². The van der Waals surface area contributed by atoms with Crippen molar-refractivity contribution in [2.24, 2.45) is 5.73 Å². The van der Waals surface area contributed by atoms with Crippen molar-refractivity contribution in [3.8, 4) is 17.1 Å². The van der Waals surface area contributed by atoms with Crippen molar-refractivity contribution in [3.63, 3.8) is 0 Å². The number of carbonyl (C=O) groups is 1. The van der Waals surface area contributed by atoms with Crippen LogP contribution in [0, 0.1) is 6.92 Å². The number of carboxylic acid groups (broad SMARTS) is 1. The summed E-state index contributed by atoms with van der Waals surface area (Å²) < 4.78 is 8.14. The number of hydrogen-bond acceptors (Lipinski definition) is 4. The van der Waals surface area contributed by atoms with Gasteiger partial charge < -0.3 is 20.1 Å². The predicted octanol–water partition coefficient (Wildman–Crippen LogP) is 4.52. The van der Waals surface area contributed by atoms with E-state index in [1.54, 1.807) is 0 Å². The van der Waals surface area contributed by atoms with Gasteiger partial charge in [-0.2, -0.15) is 0 Å². The lowest BCUT2D eigenvalue weighted by Gasteiger charge is -2.15. The van der Waals surface area contributed by atoms with Crippen molar-refractivity contribution in [2.75, 3.05) is 6.61 Å². The summed E-state index contributed by atoms with van der Waals surface area (Å²) >= 11 is 6.02. The van der Waals surface area contributed by atoms with Gasteiger partial charge in [-0.15, -0.1) is 0 Å². The Balaban J connectivity index is 1.69. The normalized spacial score (nSPS) is 12.0. The van der Waals surface area contributed by atoms with Crippen molar-refractivity contribution in [1.29, 1.82) is 0 Å². The average Bonchev–Trinajstić information content (AvgIpc) is 3.07. The molecule has 0 saturated carbocycles. The Kier molecular flexibility index (Phi) is 7.49. The van der Waals surface area contributed by atoms with Gasteiger partial charge >= 0.3 is 5.97 Å². The summed E-state index contributed by atoms with van der Waals surface area (Å²) in [4.78, 5) is 15.3. The smallest absolute Gasteiger partial charge is 0.304 e. The molecule has 30 heavy (non-hydrogen) atoms. The quantitative estimate of drug-likeness (QED) is 0.464. The van der Waals surface area contributed by atoms with Crippen LogP contribution in [0.4, 0.5) is 0 Å². The standard InChI is InChI=1S/C23H26ClN3O3/c1-16-14-26-23(17-8-10-19(24)11-9-17)27(16)15-18-5-2-3-7-21(18)30-12-4-6-20(25)13-22(28)29/h2-3,5,7-11,14,20H,4,6,12-13,15,25H2,1H3,(H,28,29)/t20-/m1/s1. The van der Waals surface area contributed by atoms with Crippen LogP contribution in [0.2, 0.25) is 5.02 Å². The van der Waals surface area contributed by atoms with Crippen LogP contribution in [-0.4, -0.2) is 33.3 Å². The molecule has 0 spiro atoms. The SMILES string of the molecule is Cc1cnc(-c2ccc(Cl)cc2)n1Cc1ccccc1OCCC[C@@H](N)CC(=O)O. The van der Waals surface area contributed by atoms with Crippen LogP contribution in [0.15, 0.2) is 54.7 Å². The maximum absolute atomic E-state index is 10.7. The Bertz CT molecular complexity index is 986. The highest BCUT2D eigenvalue weighted by molar-refractivity contribution is 6.30. The Morgan fingerprint density at radius 2 is 1.97 bits per heavy atom. The molecular weight excluding hydrogens is 402 g/mol. The number of rotatable bonds is 10. The van der Waals surface area contributed by atoms with Crippen molar-refractivity contribution >= 4 is 17.6 Å². The minimum absolute atomic E-state index is 0.0238. The molecule has 1 heterocycles. The lowest BCUT2D eigenvalue weighted by molar-refractivity contribution is -0.137. The number of aliphatic carboxylic acids is 1. The molecule has 0 aliphatic rings. The maximum atomic E-state index is 10.7. The van der Waals surface area contributed by atoms with Gasteiger partial charge in [0.1, 0.15) is 11.6 Å². The largest absolute Gasteiger partial charge is 0.493 e. The van der Waals surface area contributed by atoms with E-state index in [9.17, 15) is 4.79 Å². The van der Waals surface area contributed by atoms with Crippen LogP contribution < -0.4 is 10.5 Å². The molecule has 0 fully saturated rings. The topological polar surface area (TPSA) is 90.4 Å². The number of aryl methyl sites for hydroxylation is 1. The first kappa shape index (κ1) is 21.9. The number of imidazole rings is 1. The molecule has 3 rings (SSSR count). The van der Waals surface area contributed by atoms with Gasteiger partial charge in [0.2, 0.25) is 0 Å². The summed E-state index contributed by atoms with van der Waals surface area (Å²) in [5.74, 6) is 0.805. The number of nitrogens with two attached hydrogens (primary N) is 1. The fourth-order valence-corrected chi connectivity index (χ4v) is 3.42. The molecule has 0 saturated heterocycles. The molecule has 3 N–H and O–H groups in total. The fourth-order valence-electron chi connectivity index (χ4n) is 3.29. The van der Waals surface area contributed by atoms with E-state index < -0.39 is 5.97 Å². The van der Waals surface area contributed by atoms with Crippen LogP contribution in [0.5, 0.6) is 5.75 Å². The van der Waals surface area contributed by atoms with Gasteiger partial charge in [-0.1, -0.05) is 29.8 Å². The monoisotopic (exact) mass is 427 g/mol. The summed E-state index contributed by atoms with van der Waals surface area (Å²) in [6, 6.07) is 15.2. The zero-order valence-corrected chi connectivity index (χ0v) is 17.7. The zero-order chi connectivity index (χ0) is 21.5. The first-order valence-corrected chi connectivity index (χ1v) is 10.3. The molecule has 158 valence electrons. The molecule has 6 nitrogen and oxygen atoms in total. The summed E-state index contributed by atoms with van der Waals surface area (Å²) in [5, 5.41) is 9.48. The lowest BCUT2D eigenvalue weighted by Crippen LogP contribution is -2.24. The Morgan fingerprint density at radius 3 is 2.70 bits per heavy atom. The number of ether oxygens (including phenoxy) is 1. The fraction of sp³-hybridized carbons (Fsp3) is 0.304. The highest BCUT2D eigenvalue weighted by Gasteiger charge is 2.13. The van der Waals surface area contributed by atoms with E-state index in [0.717, 1.165) is 28.4 Å². The van der Waals surface area contributed by atoms with Crippen molar-refractivity contribution in [2.45, 2.75) is 38.8 Å². The molecule has 0 radical (unpaired) electrons. The molecule has 7 heteroatoms. The van der Waals surface area contributed by atoms with Gasteiger partial charge in [-0.05, 0) is 50.1 Å². The van der Waals surface area contributed by atoms with Gasteiger partial charge in [0.15, 0.2) is 0 Å². The maximum Gasteiger partial charge on any atom is 0.304 e. The van der Waals surface area contributed by atoms with Crippen molar-refractivity contribution in [1.82, 2.24) is 9.55 Å². The number of benzene rings is 2. The molecule has 0 amide bonds. The number of nitrogens with zero attached hydrogens (tertiary/aromatic N) is 2. The van der Waals surface area contributed by atoms with Crippen molar-refractivity contribution < 1.29 is 14.6 Å². The van der Waals surface area contributed by atoms with E-state index >= 15 is 0 Å². The van der Waals surface area contributed by atoms with Gasteiger partial charge in [0.25, 0.3) is 0 Å². The molecular formula is C23H26ClN3O3. The second kappa shape index (κ2) is 10.3. The Morgan fingerprint density at radius 1 is 1.23 bits per heavy atom. The first-order valence-electron chi connectivity index (χ1n) is 9.90. The second-order valence-electron chi connectivity index (χ2n) is 7.27. The molecule has 0 aliphatic heterocycles. The molecule has 1 atom stereocenters. The van der Waals surface area contributed by atoms with E-state index in [4.69, 9.17) is 27.2 Å². The van der Waals surface area contributed by atoms with E-state index in [1.807, 2.05) is 61.7 Å². The minimum Gasteiger partial charge on any atom is -0.493 e. The van der Waals surface area contributed by atoms with E-state index in [0.29, 0.717) is 31.0 Å². The van der Waals surface area contributed by atoms with Gasteiger partial charge in [0, 0.05) is 34.1 Å². The van der Waals surface area contributed by atoms with E-state index in [1.165, 1.54) is 0 Å². The molecule has 0 aliphatic carbocycles. The van der Waals surface area contributed by atoms with E-state index in [2.05, 4.69) is 9.55 Å². The number of halogens is 1. The molecule has 0 bridgehead atoms. The molecule has 3 aromatic rings. The Hall–Kier alpha value is -2.83. The number of para-hydroxylation sites is 1. The average molecular weight is 428 g/mol. The second-order valence-corrected chi connectivity index (χ2v) is 7.71. The van der Waals surface area contributed by atoms with E-state index in [-0.39, 0.29) is 12.5 Å². The van der Waals surface area contributed by atoms with Gasteiger partial charge in [-0.3, -0.25) is 4.79 Å². The molecule has 0 unspecified atom stereocenters. The zero-order valence-electron chi connectivity index (χ0n) is 16.9. The van der Waals surface area contributed by atoms with Crippen LogP contribution in [-0.2, 0) is 11.3 Å². The third-order valence-corrected chi connectivity index (χ3v) is 5.12. The summed E-state index contributed by atoms with van der Waals surface area (Å²) in [7, 11) is 0. The highest BCUT2D eigenvalue weighted by Crippen LogP contribution is 2.26. The predicted molar refractivity (Wildman–Crippen MR) is 118 cm³/mol. The highest BCUT2D eigenvalue weighted by atomic mass is 35.5. The third kappa shape index (κ3) is 5.84.